The fourth-order valence-electron chi connectivity index (χ4n) is 3.32. The van der Waals surface area contributed by atoms with E-state index in [1.807, 2.05) is 13.8 Å². The zero-order valence-corrected chi connectivity index (χ0v) is 19.8. The molecule has 0 saturated carbocycles. The Labute approximate surface area is 201 Å². The zero-order valence-electron chi connectivity index (χ0n) is 18.2. The van der Waals surface area contributed by atoms with Crippen molar-refractivity contribution in [3.63, 3.8) is 0 Å². The highest BCUT2D eigenvalue weighted by Gasteiger charge is 2.31. The predicted octanol–water partition coefficient (Wildman–Crippen LogP) is 6.51. The maximum absolute atomic E-state index is 13.3. The maximum Gasteiger partial charge on any atom is 0.416 e. The standard InChI is InChI=1S/C25H19BrF3N3O2/c1-15(2)34-22-11-10-16(12-20(22)26)14-30-32-23(17-6-5-7-18(13-17)25(27,28)29)31-21-9-4-3-8-19(21)24(32)33/h3-15H,1-2H3. The molecular weight excluding hydrogens is 511 g/mol. The van der Waals surface area contributed by atoms with Crippen LogP contribution in [0.4, 0.5) is 13.2 Å². The molecule has 0 bridgehead atoms. The molecule has 0 unspecified atom stereocenters. The molecule has 3 aromatic carbocycles. The predicted molar refractivity (Wildman–Crippen MR) is 129 cm³/mol. The third-order valence-corrected chi connectivity index (χ3v) is 5.46. The van der Waals surface area contributed by atoms with Gasteiger partial charge in [0.15, 0.2) is 5.82 Å². The molecule has 34 heavy (non-hydrogen) atoms. The van der Waals surface area contributed by atoms with Crippen LogP contribution >= 0.6 is 15.9 Å². The van der Waals surface area contributed by atoms with E-state index in [0.29, 0.717) is 26.7 Å². The van der Waals surface area contributed by atoms with Gasteiger partial charge in [-0.25, -0.2) is 4.98 Å². The van der Waals surface area contributed by atoms with E-state index in [-0.39, 0.29) is 17.5 Å². The van der Waals surface area contributed by atoms with E-state index in [2.05, 4.69) is 26.0 Å². The van der Waals surface area contributed by atoms with Gasteiger partial charge in [-0.2, -0.15) is 22.9 Å². The summed E-state index contributed by atoms with van der Waals surface area (Å²) in [4.78, 5) is 17.7. The Balaban J connectivity index is 1.85. The highest BCUT2D eigenvalue weighted by Crippen LogP contribution is 2.32. The summed E-state index contributed by atoms with van der Waals surface area (Å²) in [5, 5.41) is 4.60. The molecule has 9 heteroatoms. The van der Waals surface area contributed by atoms with Gasteiger partial charge in [-0.1, -0.05) is 24.3 Å². The Bertz CT molecular complexity index is 1450. The van der Waals surface area contributed by atoms with Gasteiger partial charge in [0.2, 0.25) is 0 Å². The third-order valence-electron chi connectivity index (χ3n) is 4.84. The highest BCUT2D eigenvalue weighted by atomic mass is 79.9. The van der Waals surface area contributed by atoms with Gasteiger partial charge < -0.3 is 4.74 Å². The Morgan fingerprint density at radius 2 is 1.82 bits per heavy atom. The SMILES string of the molecule is CC(C)Oc1ccc(C=Nn2c(-c3cccc(C(F)(F)F)c3)nc3ccccc3c2=O)cc1Br. The molecule has 1 aromatic heterocycles. The minimum atomic E-state index is -4.53. The van der Waals surface area contributed by atoms with Crippen LogP contribution in [0.5, 0.6) is 5.75 Å². The molecule has 0 N–H and O–H groups in total. The van der Waals surface area contributed by atoms with Crippen LogP contribution in [0, 0.1) is 0 Å². The molecule has 5 nitrogen and oxygen atoms in total. The summed E-state index contributed by atoms with van der Waals surface area (Å²) in [6.07, 6.45) is -3.10. The number of fused-ring (bicyclic) bond motifs is 1. The molecule has 0 fully saturated rings. The highest BCUT2D eigenvalue weighted by molar-refractivity contribution is 9.10. The summed E-state index contributed by atoms with van der Waals surface area (Å²) >= 11 is 3.45. The van der Waals surface area contributed by atoms with E-state index in [0.717, 1.165) is 16.8 Å². The summed E-state index contributed by atoms with van der Waals surface area (Å²) < 4.78 is 47.3. The number of hydrogen-bond acceptors (Lipinski definition) is 4. The molecule has 0 atom stereocenters. The van der Waals surface area contributed by atoms with E-state index < -0.39 is 17.3 Å². The Hall–Kier alpha value is -3.46. The molecule has 4 rings (SSSR count). The van der Waals surface area contributed by atoms with E-state index in [1.165, 1.54) is 18.3 Å². The molecule has 0 saturated heterocycles. The Kier molecular flexibility index (Phi) is 6.56. The second-order valence-electron chi connectivity index (χ2n) is 7.75. The molecule has 0 aliphatic carbocycles. The number of halogens is 4. The lowest BCUT2D eigenvalue weighted by atomic mass is 10.1. The quantitative estimate of drug-likeness (QED) is 0.277. The molecule has 0 amide bonds. The first-order valence-electron chi connectivity index (χ1n) is 10.3. The number of para-hydroxylation sites is 1. The largest absolute Gasteiger partial charge is 0.490 e. The van der Waals surface area contributed by atoms with Crippen LogP contribution < -0.4 is 10.3 Å². The average molecular weight is 530 g/mol. The minimum absolute atomic E-state index is 0.00452. The van der Waals surface area contributed by atoms with Crippen LogP contribution in [0.25, 0.3) is 22.3 Å². The van der Waals surface area contributed by atoms with Crippen LogP contribution in [0.1, 0.15) is 25.0 Å². The fourth-order valence-corrected chi connectivity index (χ4v) is 3.81. The molecule has 4 aromatic rings. The Morgan fingerprint density at radius 1 is 1.06 bits per heavy atom. The molecule has 0 aliphatic rings. The van der Waals surface area contributed by atoms with Crippen LogP contribution in [0.15, 0.2) is 81.1 Å². The van der Waals surface area contributed by atoms with Gasteiger partial charge in [-0.05, 0) is 77.8 Å². The summed E-state index contributed by atoms with van der Waals surface area (Å²) in [7, 11) is 0. The van der Waals surface area contributed by atoms with Crippen molar-refractivity contribution in [2.24, 2.45) is 5.10 Å². The van der Waals surface area contributed by atoms with E-state index >= 15 is 0 Å². The number of ether oxygens (including phenoxy) is 1. The minimum Gasteiger partial charge on any atom is -0.490 e. The summed E-state index contributed by atoms with van der Waals surface area (Å²) in [5.41, 5.74) is -0.195. The zero-order chi connectivity index (χ0) is 24.5. The van der Waals surface area contributed by atoms with E-state index in [1.54, 1.807) is 42.5 Å². The number of rotatable bonds is 5. The van der Waals surface area contributed by atoms with Gasteiger partial charge in [-0.15, -0.1) is 0 Å². The molecule has 0 spiro atoms. The second-order valence-corrected chi connectivity index (χ2v) is 8.60. The first kappa shape index (κ1) is 23.7. The van der Waals surface area contributed by atoms with Crippen molar-refractivity contribution < 1.29 is 17.9 Å². The second kappa shape index (κ2) is 9.42. The summed E-state index contributed by atoms with van der Waals surface area (Å²) in [5.74, 6) is 0.659. The number of alkyl halides is 3. The third kappa shape index (κ3) is 5.04. The van der Waals surface area contributed by atoms with Crippen molar-refractivity contribution in [1.82, 2.24) is 9.66 Å². The van der Waals surface area contributed by atoms with Crippen LogP contribution in [0.2, 0.25) is 0 Å². The molecular formula is C25H19BrF3N3O2. The van der Waals surface area contributed by atoms with Crippen LogP contribution in [-0.4, -0.2) is 22.0 Å². The van der Waals surface area contributed by atoms with Gasteiger partial charge >= 0.3 is 6.18 Å². The fraction of sp³-hybridized carbons (Fsp3) is 0.160. The van der Waals surface area contributed by atoms with Crippen molar-refractivity contribution in [2.45, 2.75) is 26.1 Å². The lowest BCUT2D eigenvalue weighted by Crippen LogP contribution is -2.20. The van der Waals surface area contributed by atoms with Crippen LogP contribution in [-0.2, 0) is 6.18 Å². The first-order chi connectivity index (χ1) is 16.1. The molecule has 0 aliphatic heterocycles. The normalized spacial score (nSPS) is 12.1. The number of aromatic nitrogens is 2. The van der Waals surface area contributed by atoms with Crippen molar-refractivity contribution in [3.05, 3.63) is 92.7 Å². The first-order valence-corrected chi connectivity index (χ1v) is 11.1. The number of nitrogens with zero attached hydrogens (tertiary/aromatic N) is 3. The van der Waals surface area contributed by atoms with Gasteiger partial charge in [0, 0.05) is 5.56 Å². The van der Waals surface area contributed by atoms with Gasteiger partial charge in [0.25, 0.3) is 5.56 Å². The Morgan fingerprint density at radius 3 is 2.53 bits per heavy atom. The average Bonchev–Trinajstić information content (AvgIpc) is 2.79. The molecule has 1 heterocycles. The number of hydrogen-bond donors (Lipinski definition) is 0. The molecule has 0 radical (unpaired) electrons. The smallest absolute Gasteiger partial charge is 0.416 e. The van der Waals surface area contributed by atoms with Gasteiger partial charge in [0.1, 0.15) is 5.75 Å². The van der Waals surface area contributed by atoms with Crippen molar-refractivity contribution in [2.75, 3.05) is 0 Å². The summed E-state index contributed by atoms with van der Waals surface area (Å²) in [6, 6.07) is 16.6. The van der Waals surface area contributed by atoms with E-state index in [9.17, 15) is 18.0 Å². The topological polar surface area (TPSA) is 56.5 Å². The van der Waals surface area contributed by atoms with Crippen molar-refractivity contribution in [1.29, 1.82) is 0 Å². The number of benzene rings is 3. The van der Waals surface area contributed by atoms with Gasteiger partial charge in [0.05, 0.1) is 33.3 Å². The maximum atomic E-state index is 13.3. The van der Waals surface area contributed by atoms with Crippen LogP contribution in [0.3, 0.4) is 0 Å². The summed E-state index contributed by atoms with van der Waals surface area (Å²) in [6.45, 7) is 3.83. The van der Waals surface area contributed by atoms with E-state index in [4.69, 9.17) is 4.74 Å². The monoisotopic (exact) mass is 529 g/mol. The molecule has 174 valence electrons. The van der Waals surface area contributed by atoms with Gasteiger partial charge in [-0.3, -0.25) is 4.79 Å². The van der Waals surface area contributed by atoms with Crippen molar-refractivity contribution in [3.8, 4) is 17.1 Å². The lowest BCUT2D eigenvalue weighted by molar-refractivity contribution is -0.137. The lowest BCUT2D eigenvalue weighted by Gasteiger charge is -2.12. The van der Waals surface area contributed by atoms with Crippen molar-refractivity contribution >= 4 is 33.0 Å².